The van der Waals surface area contributed by atoms with Gasteiger partial charge in [0.15, 0.2) is 18.1 Å². The number of unbranched alkanes of at least 4 members (excludes halogenated alkanes) is 7. The van der Waals surface area contributed by atoms with E-state index < -0.39 is 11.6 Å². The van der Waals surface area contributed by atoms with E-state index in [0.29, 0.717) is 23.8 Å². The molecule has 0 aliphatic carbocycles. The molecule has 1 aromatic rings. The van der Waals surface area contributed by atoms with Crippen LogP contribution in [0.5, 0.6) is 11.5 Å². The van der Waals surface area contributed by atoms with Crippen LogP contribution in [0.25, 0.3) is 0 Å². The second-order valence-electron chi connectivity index (χ2n) is 7.90. The molecule has 0 saturated heterocycles. The Kier molecular flexibility index (Phi) is 10.7. The van der Waals surface area contributed by atoms with E-state index in [0.717, 1.165) is 12.8 Å². The van der Waals surface area contributed by atoms with Gasteiger partial charge in [-0.3, -0.25) is 0 Å². The summed E-state index contributed by atoms with van der Waals surface area (Å²) >= 11 is 0. The zero-order valence-electron chi connectivity index (χ0n) is 17.5. The van der Waals surface area contributed by atoms with Gasteiger partial charge in [0, 0.05) is 11.8 Å². The molecule has 0 aromatic heterocycles. The number of esters is 1. The Bertz CT molecular complexity index is 552. The smallest absolute Gasteiger partial charge is 0.344 e. The van der Waals surface area contributed by atoms with Crippen molar-refractivity contribution in [3.63, 3.8) is 0 Å². The molecule has 0 fully saturated rings. The predicted molar refractivity (Wildman–Crippen MR) is 110 cm³/mol. The van der Waals surface area contributed by atoms with E-state index in [-0.39, 0.29) is 6.61 Å². The molecule has 0 amide bonds. The van der Waals surface area contributed by atoms with Crippen LogP contribution in [0, 0.1) is 0 Å². The second kappa shape index (κ2) is 12.5. The van der Waals surface area contributed by atoms with Gasteiger partial charge in [0.2, 0.25) is 0 Å². The SMILES string of the molecule is CCCCCCCCCCOc1ccc(N)cc1OCC(=O)OC(C)(C)C. The summed E-state index contributed by atoms with van der Waals surface area (Å²) in [6, 6.07) is 5.22. The molecule has 0 aliphatic heterocycles. The molecular weight excluding hydrogens is 342 g/mol. The van der Waals surface area contributed by atoms with E-state index in [1.165, 1.54) is 38.5 Å². The minimum atomic E-state index is -0.536. The number of rotatable bonds is 13. The van der Waals surface area contributed by atoms with E-state index in [2.05, 4.69) is 6.92 Å². The summed E-state index contributed by atoms with van der Waals surface area (Å²) in [5.41, 5.74) is 5.86. The van der Waals surface area contributed by atoms with Gasteiger partial charge in [-0.15, -0.1) is 0 Å². The topological polar surface area (TPSA) is 70.8 Å². The minimum Gasteiger partial charge on any atom is -0.490 e. The summed E-state index contributed by atoms with van der Waals surface area (Å²) < 4.78 is 16.7. The molecular formula is C22H37NO4. The summed E-state index contributed by atoms with van der Waals surface area (Å²) in [7, 11) is 0. The van der Waals surface area contributed by atoms with Gasteiger partial charge in [0.25, 0.3) is 0 Å². The molecule has 154 valence electrons. The van der Waals surface area contributed by atoms with Gasteiger partial charge >= 0.3 is 5.97 Å². The first-order valence-corrected chi connectivity index (χ1v) is 10.2. The zero-order chi connectivity index (χ0) is 20.1. The van der Waals surface area contributed by atoms with Crippen LogP contribution in [-0.2, 0) is 9.53 Å². The maximum absolute atomic E-state index is 11.8. The fourth-order valence-corrected chi connectivity index (χ4v) is 2.68. The third-order valence-electron chi connectivity index (χ3n) is 3.99. The highest BCUT2D eigenvalue weighted by Crippen LogP contribution is 2.30. The van der Waals surface area contributed by atoms with Crippen molar-refractivity contribution in [2.45, 2.75) is 84.7 Å². The van der Waals surface area contributed by atoms with Crippen LogP contribution in [0.3, 0.4) is 0 Å². The highest BCUT2D eigenvalue weighted by atomic mass is 16.6. The number of nitrogen functional groups attached to an aromatic ring is 1. The normalized spacial score (nSPS) is 11.3. The average molecular weight is 380 g/mol. The van der Waals surface area contributed by atoms with Crippen LogP contribution in [0.2, 0.25) is 0 Å². The van der Waals surface area contributed by atoms with Crippen molar-refractivity contribution < 1.29 is 19.0 Å². The number of hydrogen-bond acceptors (Lipinski definition) is 5. The molecule has 0 unspecified atom stereocenters. The van der Waals surface area contributed by atoms with Crippen LogP contribution in [0.15, 0.2) is 18.2 Å². The number of benzene rings is 1. The lowest BCUT2D eigenvalue weighted by Crippen LogP contribution is -2.27. The third-order valence-corrected chi connectivity index (χ3v) is 3.99. The van der Waals surface area contributed by atoms with Gasteiger partial charge < -0.3 is 19.9 Å². The molecule has 5 heteroatoms. The summed E-state index contributed by atoms with van der Waals surface area (Å²) in [5.74, 6) is 0.662. The molecule has 1 rings (SSSR count). The Morgan fingerprint density at radius 1 is 0.926 bits per heavy atom. The van der Waals surface area contributed by atoms with E-state index in [9.17, 15) is 4.79 Å². The van der Waals surface area contributed by atoms with Gasteiger partial charge in [-0.1, -0.05) is 51.9 Å². The number of hydrogen-bond donors (Lipinski definition) is 1. The van der Waals surface area contributed by atoms with Gasteiger partial charge in [-0.05, 0) is 39.3 Å². The van der Waals surface area contributed by atoms with E-state index in [1.807, 2.05) is 20.8 Å². The van der Waals surface area contributed by atoms with Crippen LogP contribution in [0.1, 0.15) is 79.1 Å². The molecule has 0 atom stereocenters. The molecule has 27 heavy (non-hydrogen) atoms. The Morgan fingerprint density at radius 3 is 2.19 bits per heavy atom. The van der Waals surface area contributed by atoms with Crippen LogP contribution < -0.4 is 15.2 Å². The molecule has 0 aliphatic rings. The van der Waals surface area contributed by atoms with Gasteiger partial charge in [0.05, 0.1) is 6.61 Å². The lowest BCUT2D eigenvalue weighted by molar-refractivity contribution is -0.157. The lowest BCUT2D eigenvalue weighted by atomic mass is 10.1. The van der Waals surface area contributed by atoms with Gasteiger partial charge in [-0.25, -0.2) is 4.79 Å². The van der Waals surface area contributed by atoms with Crippen molar-refractivity contribution in [2.24, 2.45) is 0 Å². The largest absolute Gasteiger partial charge is 0.490 e. The fraction of sp³-hybridized carbons (Fsp3) is 0.682. The Labute approximate surface area is 164 Å². The van der Waals surface area contributed by atoms with Crippen LogP contribution in [0.4, 0.5) is 5.69 Å². The molecule has 0 heterocycles. The monoisotopic (exact) mass is 379 g/mol. The van der Waals surface area contributed by atoms with Crippen molar-refractivity contribution in [2.75, 3.05) is 18.9 Å². The third kappa shape index (κ3) is 11.4. The molecule has 0 saturated carbocycles. The quantitative estimate of drug-likeness (QED) is 0.278. The maximum atomic E-state index is 11.8. The zero-order valence-corrected chi connectivity index (χ0v) is 17.5. The highest BCUT2D eigenvalue weighted by Gasteiger charge is 2.17. The van der Waals surface area contributed by atoms with Crippen LogP contribution >= 0.6 is 0 Å². The molecule has 0 radical (unpaired) electrons. The summed E-state index contributed by atoms with van der Waals surface area (Å²) in [6.07, 6.45) is 10.0. The summed E-state index contributed by atoms with van der Waals surface area (Å²) in [6.45, 7) is 8.16. The number of ether oxygens (including phenoxy) is 3. The first-order chi connectivity index (χ1) is 12.8. The Morgan fingerprint density at radius 2 is 1.56 bits per heavy atom. The highest BCUT2D eigenvalue weighted by molar-refractivity contribution is 5.71. The lowest BCUT2D eigenvalue weighted by Gasteiger charge is -2.20. The number of nitrogens with two attached hydrogens (primary N) is 1. The van der Waals surface area contributed by atoms with Gasteiger partial charge in [0.1, 0.15) is 5.60 Å². The van der Waals surface area contributed by atoms with E-state index in [4.69, 9.17) is 19.9 Å². The minimum absolute atomic E-state index is 0.172. The molecule has 2 N–H and O–H groups in total. The van der Waals surface area contributed by atoms with Crippen molar-refractivity contribution in [1.82, 2.24) is 0 Å². The van der Waals surface area contributed by atoms with Crippen LogP contribution in [-0.4, -0.2) is 24.8 Å². The standard InChI is InChI=1S/C22H37NO4/c1-5-6-7-8-9-10-11-12-15-25-19-14-13-18(23)16-20(19)26-17-21(24)27-22(2,3)4/h13-14,16H,5-12,15,17,23H2,1-4H3. The molecule has 0 bridgehead atoms. The van der Waals surface area contributed by atoms with E-state index >= 15 is 0 Å². The molecule has 1 aromatic carbocycles. The maximum Gasteiger partial charge on any atom is 0.344 e. The van der Waals surface area contributed by atoms with Crippen molar-refractivity contribution in [3.05, 3.63) is 18.2 Å². The van der Waals surface area contributed by atoms with Crippen molar-refractivity contribution in [3.8, 4) is 11.5 Å². The second-order valence-corrected chi connectivity index (χ2v) is 7.90. The number of carbonyl (C=O) groups excluding carboxylic acids is 1. The van der Waals surface area contributed by atoms with Crippen molar-refractivity contribution in [1.29, 1.82) is 0 Å². The Hall–Kier alpha value is -1.91. The van der Waals surface area contributed by atoms with Gasteiger partial charge in [-0.2, -0.15) is 0 Å². The number of carbonyl (C=O) groups is 1. The van der Waals surface area contributed by atoms with Crippen molar-refractivity contribution >= 4 is 11.7 Å². The summed E-state index contributed by atoms with van der Waals surface area (Å²) in [5, 5.41) is 0. The summed E-state index contributed by atoms with van der Waals surface area (Å²) in [4.78, 5) is 11.8. The average Bonchev–Trinajstić information content (AvgIpc) is 2.58. The fourth-order valence-electron chi connectivity index (χ4n) is 2.68. The predicted octanol–water partition coefficient (Wildman–Crippen LogP) is 5.51. The molecule has 0 spiro atoms. The Balaban J connectivity index is 2.35. The first-order valence-electron chi connectivity index (χ1n) is 10.2. The van der Waals surface area contributed by atoms with E-state index in [1.54, 1.807) is 18.2 Å². The first kappa shape index (κ1) is 23.1. The number of anilines is 1. The molecule has 5 nitrogen and oxygen atoms in total.